The van der Waals surface area contributed by atoms with E-state index in [0.29, 0.717) is 19.3 Å². The van der Waals surface area contributed by atoms with Crippen LogP contribution in [0, 0.1) is 11.8 Å². The molecule has 0 aliphatic rings. The molecular weight excluding hydrogens is 620 g/mol. The first-order valence-corrected chi connectivity index (χ1v) is 16.7. The molecule has 4 unspecified atom stereocenters. The Balaban J connectivity index is 1.70. The molecule has 2 amide bonds. The Hall–Kier alpha value is -5.02. The predicted octanol–water partition coefficient (Wildman–Crippen LogP) is 5.28. The van der Waals surface area contributed by atoms with E-state index >= 15 is 0 Å². The molecular formula is C40H48N2O7. The quantitative estimate of drug-likeness (QED) is 0.0755. The van der Waals surface area contributed by atoms with E-state index in [2.05, 4.69) is 23.8 Å². The van der Waals surface area contributed by atoms with Gasteiger partial charge in [-0.1, -0.05) is 103 Å². The van der Waals surface area contributed by atoms with Crippen molar-refractivity contribution in [1.29, 1.82) is 0 Å². The lowest BCUT2D eigenvalue weighted by atomic mass is 9.94. The van der Waals surface area contributed by atoms with Crippen LogP contribution in [0.5, 0.6) is 0 Å². The van der Waals surface area contributed by atoms with Gasteiger partial charge in [0.1, 0.15) is 13.2 Å². The number of nitrogens with one attached hydrogen (secondary N) is 2. The number of hydrogen-bond donors (Lipinski definition) is 3. The summed E-state index contributed by atoms with van der Waals surface area (Å²) in [4.78, 5) is 53.3. The fourth-order valence-electron chi connectivity index (χ4n) is 5.34. The van der Waals surface area contributed by atoms with Crippen molar-refractivity contribution in [3.8, 4) is 0 Å². The van der Waals surface area contributed by atoms with E-state index in [4.69, 9.17) is 9.47 Å². The van der Waals surface area contributed by atoms with Gasteiger partial charge in [-0.05, 0) is 55.2 Å². The Bertz CT molecular complexity index is 1460. The number of aliphatic hydroxyl groups excluding tert-OH is 1. The molecule has 0 saturated carbocycles. The number of carbonyl (C=O) groups excluding carboxylic acids is 4. The highest BCUT2D eigenvalue weighted by atomic mass is 16.6. The summed E-state index contributed by atoms with van der Waals surface area (Å²) in [5.74, 6) is -3.64. The molecule has 3 N–H and O–H groups in total. The maximum Gasteiger partial charge on any atom is 0.332 e. The van der Waals surface area contributed by atoms with Crippen LogP contribution in [0.1, 0.15) is 48.8 Å². The average Bonchev–Trinajstić information content (AvgIpc) is 3.12. The van der Waals surface area contributed by atoms with E-state index in [1.165, 1.54) is 6.08 Å². The van der Waals surface area contributed by atoms with E-state index in [1.54, 1.807) is 18.2 Å². The average molecular weight is 669 g/mol. The number of amides is 2. The van der Waals surface area contributed by atoms with E-state index < -0.39 is 54.3 Å². The van der Waals surface area contributed by atoms with Crippen LogP contribution in [0.15, 0.2) is 116 Å². The van der Waals surface area contributed by atoms with E-state index in [9.17, 15) is 24.3 Å². The molecule has 3 aromatic carbocycles. The molecule has 0 aliphatic heterocycles. The molecule has 4 atom stereocenters. The Morgan fingerprint density at radius 3 is 1.88 bits per heavy atom. The zero-order valence-electron chi connectivity index (χ0n) is 28.0. The number of esters is 2. The van der Waals surface area contributed by atoms with E-state index in [-0.39, 0.29) is 26.1 Å². The molecule has 0 radical (unpaired) electrons. The van der Waals surface area contributed by atoms with Crippen molar-refractivity contribution in [2.45, 2.75) is 63.6 Å². The minimum atomic E-state index is -1.32. The van der Waals surface area contributed by atoms with Crippen molar-refractivity contribution >= 4 is 23.8 Å². The van der Waals surface area contributed by atoms with Gasteiger partial charge in [0.15, 0.2) is 6.04 Å². The Morgan fingerprint density at radius 2 is 1.31 bits per heavy atom. The second-order valence-corrected chi connectivity index (χ2v) is 12.0. The summed E-state index contributed by atoms with van der Waals surface area (Å²) in [5.41, 5.74) is 2.67. The highest BCUT2D eigenvalue weighted by molar-refractivity contribution is 5.89. The number of ether oxygens (including phenoxy) is 2. The molecule has 0 fully saturated rings. The molecule has 3 aromatic rings. The number of hydrogen-bond acceptors (Lipinski definition) is 7. The largest absolute Gasteiger partial charge is 0.463 e. The van der Waals surface area contributed by atoms with Gasteiger partial charge >= 0.3 is 11.9 Å². The summed E-state index contributed by atoms with van der Waals surface area (Å²) in [6, 6.07) is 26.3. The van der Waals surface area contributed by atoms with Gasteiger partial charge in [0, 0.05) is 6.42 Å². The van der Waals surface area contributed by atoms with Gasteiger partial charge in [0.05, 0.1) is 24.5 Å². The van der Waals surface area contributed by atoms with Gasteiger partial charge in [-0.3, -0.25) is 14.4 Å². The van der Waals surface area contributed by atoms with Gasteiger partial charge in [-0.15, -0.1) is 13.2 Å². The van der Waals surface area contributed by atoms with Gasteiger partial charge in [-0.2, -0.15) is 0 Å². The summed E-state index contributed by atoms with van der Waals surface area (Å²) in [7, 11) is 0. The molecule has 0 aromatic heterocycles. The van der Waals surface area contributed by atoms with Crippen molar-refractivity contribution in [3.63, 3.8) is 0 Å². The SMILES string of the molecule is C=CCCCC(Cc1ccccc1)C(=O)OCC(NC(=O)C(CC=C)CC(=O)NC(CO)Cc1ccccc1)C(=O)OCc1ccccc1. The van der Waals surface area contributed by atoms with Gasteiger partial charge < -0.3 is 25.2 Å². The first kappa shape index (κ1) is 38.4. The van der Waals surface area contributed by atoms with Crippen LogP contribution in [-0.2, 0) is 48.1 Å². The first-order chi connectivity index (χ1) is 23.8. The van der Waals surface area contributed by atoms with Gasteiger partial charge in [-0.25, -0.2) is 4.79 Å². The molecule has 0 aliphatic carbocycles. The van der Waals surface area contributed by atoms with Gasteiger partial charge in [0.25, 0.3) is 0 Å². The van der Waals surface area contributed by atoms with Crippen LogP contribution in [0.4, 0.5) is 0 Å². The lowest BCUT2D eigenvalue weighted by Crippen LogP contribution is -2.48. The number of rotatable bonds is 22. The normalized spacial score (nSPS) is 13.2. The zero-order chi connectivity index (χ0) is 35.3. The lowest BCUT2D eigenvalue weighted by molar-refractivity contribution is -0.157. The van der Waals surface area contributed by atoms with Crippen LogP contribution in [-0.4, -0.2) is 54.2 Å². The van der Waals surface area contributed by atoms with E-state index in [1.807, 2.05) is 78.9 Å². The maximum atomic E-state index is 13.6. The Kier molecular flexibility index (Phi) is 17.1. The zero-order valence-corrected chi connectivity index (χ0v) is 28.0. The summed E-state index contributed by atoms with van der Waals surface area (Å²) < 4.78 is 11.2. The molecule has 9 heteroatoms. The van der Waals surface area contributed by atoms with Crippen LogP contribution in [0.25, 0.3) is 0 Å². The third kappa shape index (κ3) is 14.3. The predicted molar refractivity (Wildman–Crippen MR) is 189 cm³/mol. The molecule has 0 heterocycles. The van der Waals surface area contributed by atoms with Crippen LogP contribution >= 0.6 is 0 Å². The summed E-state index contributed by atoms with van der Waals surface area (Å²) in [6.45, 7) is 6.72. The highest BCUT2D eigenvalue weighted by Crippen LogP contribution is 2.18. The molecule has 9 nitrogen and oxygen atoms in total. The van der Waals surface area contributed by atoms with E-state index in [0.717, 1.165) is 29.5 Å². The van der Waals surface area contributed by atoms with Crippen LogP contribution in [0.2, 0.25) is 0 Å². The molecule has 0 spiro atoms. The fourth-order valence-corrected chi connectivity index (χ4v) is 5.34. The second kappa shape index (κ2) is 21.8. The number of unbranched alkanes of at least 4 members (excludes halogenated alkanes) is 1. The monoisotopic (exact) mass is 668 g/mol. The summed E-state index contributed by atoms with van der Waals surface area (Å²) in [5, 5.41) is 15.3. The second-order valence-electron chi connectivity index (χ2n) is 12.0. The van der Waals surface area contributed by atoms with Crippen molar-refractivity contribution < 1.29 is 33.8 Å². The molecule has 0 saturated heterocycles. The topological polar surface area (TPSA) is 131 Å². The van der Waals surface area contributed by atoms with Crippen molar-refractivity contribution in [2.24, 2.45) is 11.8 Å². The van der Waals surface area contributed by atoms with Crippen LogP contribution in [0.3, 0.4) is 0 Å². The summed E-state index contributed by atoms with van der Waals surface area (Å²) >= 11 is 0. The smallest absolute Gasteiger partial charge is 0.332 e. The molecule has 3 rings (SSSR count). The van der Waals surface area contributed by atoms with Gasteiger partial charge in [0.2, 0.25) is 11.8 Å². The number of allylic oxidation sites excluding steroid dienone is 2. The Labute approximate surface area is 289 Å². The third-order valence-electron chi connectivity index (χ3n) is 8.00. The fraction of sp³-hybridized carbons (Fsp3) is 0.350. The Morgan fingerprint density at radius 1 is 0.714 bits per heavy atom. The summed E-state index contributed by atoms with van der Waals surface area (Å²) in [6.07, 6.45) is 6.17. The minimum Gasteiger partial charge on any atom is -0.463 e. The highest BCUT2D eigenvalue weighted by Gasteiger charge is 2.30. The maximum absolute atomic E-state index is 13.6. The third-order valence-corrected chi connectivity index (χ3v) is 8.00. The van der Waals surface area contributed by atoms with Crippen molar-refractivity contribution in [2.75, 3.05) is 13.2 Å². The number of carbonyl (C=O) groups is 4. The first-order valence-electron chi connectivity index (χ1n) is 16.7. The minimum absolute atomic E-state index is 0.0410. The molecule has 260 valence electrons. The number of benzene rings is 3. The van der Waals surface area contributed by atoms with Crippen LogP contribution < -0.4 is 10.6 Å². The standard InChI is InChI=1S/C40H48N2O7/c1-3-5-9-23-34(24-30-17-10-6-11-18-30)39(46)49-29-36(40(47)48-28-32-21-14-8-15-22-32)42-38(45)33(16-4-2)26-37(44)41-35(27-43)25-31-19-12-7-13-20-31/h3-4,6-8,10-15,17-22,33-36,43H,1-2,5,9,16,23-29H2,(H,41,44)(H,42,45). The molecule has 49 heavy (non-hydrogen) atoms. The van der Waals surface area contributed by atoms with Crippen molar-refractivity contribution in [3.05, 3.63) is 133 Å². The molecule has 0 bridgehead atoms. The number of aliphatic hydroxyl groups is 1. The van der Waals surface area contributed by atoms with Crippen molar-refractivity contribution in [1.82, 2.24) is 10.6 Å². The lowest BCUT2D eigenvalue weighted by Gasteiger charge is -2.23.